The maximum atomic E-state index is 10.5. The Bertz CT molecular complexity index is 157. The van der Waals surface area contributed by atoms with Crippen LogP contribution in [-0.2, 0) is 0 Å². The Morgan fingerprint density at radius 1 is 1.33 bits per heavy atom. The molecule has 0 bridgehead atoms. The van der Waals surface area contributed by atoms with E-state index < -0.39 is 6.09 Å². The van der Waals surface area contributed by atoms with Crippen LogP contribution in [0, 0.1) is 0 Å². The summed E-state index contributed by atoms with van der Waals surface area (Å²) in [5, 5.41) is 9.61. The van der Waals surface area contributed by atoms with Crippen molar-refractivity contribution < 1.29 is 9.90 Å². The molecule has 1 aliphatic rings. The number of halogens is 1. The molecule has 1 amide bonds. The fourth-order valence-electron chi connectivity index (χ4n) is 1.28. The van der Waals surface area contributed by atoms with Gasteiger partial charge in [0.25, 0.3) is 0 Å². The second-order valence-electron chi connectivity index (χ2n) is 2.80. The zero-order chi connectivity index (χ0) is 8.97. The highest BCUT2D eigenvalue weighted by Crippen LogP contribution is 2.01. The van der Waals surface area contributed by atoms with Crippen LogP contribution < -0.4 is 0 Å². The number of piperazine rings is 1. The summed E-state index contributed by atoms with van der Waals surface area (Å²) < 4.78 is 0. The molecule has 12 heavy (non-hydrogen) atoms. The van der Waals surface area contributed by atoms with Crippen molar-refractivity contribution in [3.8, 4) is 0 Å². The smallest absolute Gasteiger partial charge is 0.407 e. The van der Waals surface area contributed by atoms with Gasteiger partial charge in [-0.2, -0.15) is 0 Å². The van der Waals surface area contributed by atoms with Crippen LogP contribution in [0.3, 0.4) is 0 Å². The normalized spacial score (nSPS) is 19.6. The first-order valence-electron chi connectivity index (χ1n) is 4.00. The molecular formula is C7H13BrN2O2. The molecule has 0 radical (unpaired) electrons. The van der Waals surface area contributed by atoms with Crippen LogP contribution >= 0.6 is 15.9 Å². The minimum absolute atomic E-state index is 0.641. The number of hydrogen-bond donors (Lipinski definition) is 1. The van der Waals surface area contributed by atoms with Crippen LogP contribution in [-0.4, -0.2) is 59.1 Å². The van der Waals surface area contributed by atoms with Crippen LogP contribution in [0.1, 0.15) is 0 Å². The molecule has 1 heterocycles. The van der Waals surface area contributed by atoms with Crippen molar-refractivity contribution in [2.75, 3.05) is 38.1 Å². The van der Waals surface area contributed by atoms with E-state index in [9.17, 15) is 4.79 Å². The van der Waals surface area contributed by atoms with Crippen LogP contribution in [0.5, 0.6) is 0 Å². The molecule has 0 unspecified atom stereocenters. The summed E-state index contributed by atoms with van der Waals surface area (Å²) in [6, 6.07) is 0. The van der Waals surface area contributed by atoms with Gasteiger partial charge in [-0.25, -0.2) is 4.79 Å². The first-order valence-corrected chi connectivity index (χ1v) is 5.12. The van der Waals surface area contributed by atoms with Crippen molar-refractivity contribution in [1.82, 2.24) is 9.80 Å². The minimum atomic E-state index is -0.798. The summed E-state index contributed by atoms with van der Waals surface area (Å²) in [6.45, 7) is 4.01. The summed E-state index contributed by atoms with van der Waals surface area (Å²) in [5.74, 6) is 0. The lowest BCUT2D eigenvalue weighted by atomic mass is 10.3. The molecule has 0 saturated carbocycles. The summed E-state index contributed by atoms with van der Waals surface area (Å²) in [4.78, 5) is 14.2. The lowest BCUT2D eigenvalue weighted by Gasteiger charge is -2.32. The molecule has 0 aliphatic carbocycles. The fourth-order valence-corrected chi connectivity index (χ4v) is 1.78. The molecule has 1 aliphatic heterocycles. The molecule has 4 nitrogen and oxygen atoms in total. The molecule has 1 rings (SSSR count). The lowest BCUT2D eigenvalue weighted by molar-refractivity contribution is 0.108. The van der Waals surface area contributed by atoms with Crippen molar-refractivity contribution >= 4 is 22.0 Å². The summed E-state index contributed by atoms with van der Waals surface area (Å²) >= 11 is 3.36. The largest absolute Gasteiger partial charge is 0.465 e. The maximum Gasteiger partial charge on any atom is 0.407 e. The molecule has 1 fully saturated rings. The Hall–Kier alpha value is -0.290. The van der Waals surface area contributed by atoms with E-state index in [-0.39, 0.29) is 0 Å². The monoisotopic (exact) mass is 236 g/mol. The van der Waals surface area contributed by atoms with Crippen molar-refractivity contribution in [3.05, 3.63) is 0 Å². The van der Waals surface area contributed by atoms with Crippen LogP contribution in [0.15, 0.2) is 0 Å². The molecule has 0 atom stereocenters. The lowest BCUT2D eigenvalue weighted by Crippen LogP contribution is -2.48. The summed E-state index contributed by atoms with van der Waals surface area (Å²) in [6.07, 6.45) is -0.798. The summed E-state index contributed by atoms with van der Waals surface area (Å²) in [5.41, 5.74) is 0. The topological polar surface area (TPSA) is 43.8 Å². The Morgan fingerprint density at radius 2 is 1.92 bits per heavy atom. The van der Waals surface area contributed by atoms with Crippen molar-refractivity contribution in [2.45, 2.75) is 0 Å². The van der Waals surface area contributed by atoms with Gasteiger partial charge in [-0.3, -0.25) is 4.90 Å². The number of amides is 1. The number of rotatable bonds is 2. The van der Waals surface area contributed by atoms with Crippen molar-refractivity contribution in [1.29, 1.82) is 0 Å². The van der Waals surface area contributed by atoms with Gasteiger partial charge in [0.1, 0.15) is 0 Å². The third-order valence-electron chi connectivity index (χ3n) is 2.04. The molecule has 0 aromatic heterocycles. The van der Waals surface area contributed by atoms with E-state index in [0.29, 0.717) is 13.1 Å². The average Bonchev–Trinajstić information content (AvgIpc) is 2.06. The Morgan fingerprint density at radius 3 is 2.33 bits per heavy atom. The number of hydrogen-bond acceptors (Lipinski definition) is 2. The zero-order valence-corrected chi connectivity index (χ0v) is 8.46. The molecular weight excluding hydrogens is 224 g/mol. The van der Waals surface area contributed by atoms with Crippen LogP contribution in [0.25, 0.3) is 0 Å². The van der Waals surface area contributed by atoms with E-state index in [1.54, 1.807) is 0 Å². The molecule has 1 saturated heterocycles. The SMILES string of the molecule is O=C(O)N1CCN(CCBr)CC1. The molecule has 0 spiro atoms. The highest BCUT2D eigenvalue weighted by molar-refractivity contribution is 9.09. The number of carboxylic acid groups (broad SMARTS) is 1. The maximum absolute atomic E-state index is 10.5. The first-order chi connectivity index (χ1) is 5.74. The van der Waals surface area contributed by atoms with Gasteiger partial charge in [0.15, 0.2) is 0 Å². The van der Waals surface area contributed by atoms with Crippen molar-refractivity contribution in [3.63, 3.8) is 0 Å². The molecule has 0 aromatic rings. The van der Waals surface area contributed by atoms with Crippen LogP contribution in [0.2, 0.25) is 0 Å². The first kappa shape index (κ1) is 9.80. The fraction of sp³-hybridized carbons (Fsp3) is 0.857. The molecule has 70 valence electrons. The van der Waals surface area contributed by atoms with Gasteiger partial charge in [-0.1, -0.05) is 15.9 Å². The van der Waals surface area contributed by atoms with Gasteiger partial charge >= 0.3 is 6.09 Å². The Labute approximate surface area is 80.3 Å². The number of alkyl halides is 1. The quantitative estimate of drug-likeness (QED) is 0.718. The van der Waals surface area contributed by atoms with E-state index in [2.05, 4.69) is 20.8 Å². The second kappa shape index (κ2) is 4.67. The molecule has 5 heteroatoms. The van der Waals surface area contributed by atoms with Gasteiger partial charge in [-0.05, 0) is 0 Å². The second-order valence-corrected chi connectivity index (χ2v) is 3.59. The van der Waals surface area contributed by atoms with Gasteiger partial charge in [0.05, 0.1) is 0 Å². The van der Waals surface area contributed by atoms with E-state index in [1.165, 1.54) is 4.90 Å². The standard InChI is InChI=1S/C7H13BrN2O2/c8-1-2-9-3-5-10(6-4-9)7(11)12/h1-6H2,(H,11,12). The number of nitrogens with zero attached hydrogens (tertiary/aromatic N) is 2. The summed E-state index contributed by atoms with van der Waals surface area (Å²) in [7, 11) is 0. The van der Waals surface area contributed by atoms with Gasteiger partial charge in [0.2, 0.25) is 0 Å². The minimum Gasteiger partial charge on any atom is -0.465 e. The number of carbonyl (C=O) groups is 1. The average molecular weight is 237 g/mol. The van der Waals surface area contributed by atoms with Crippen molar-refractivity contribution in [2.24, 2.45) is 0 Å². The molecule has 0 aromatic carbocycles. The highest BCUT2D eigenvalue weighted by atomic mass is 79.9. The van der Waals surface area contributed by atoms with E-state index in [4.69, 9.17) is 5.11 Å². The zero-order valence-electron chi connectivity index (χ0n) is 6.87. The van der Waals surface area contributed by atoms with Gasteiger partial charge in [0, 0.05) is 38.1 Å². The third kappa shape index (κ3) is 2.64. The molecule has 1 N–H and O–H groups in total. The third-order valence-corrected chi connectivity index (χ3v) is 2.40. The highest BCUT2D eigenvalue weighted by Gasteiger charge is 2.19. The van der Waals surface area contributed by atoms with E-state index in [1.807, 2.05) is 0 Å². The van der Waals surface area contributed by atoms with E-state index >= 15 is 0 Å². The van der Waals surface area contributed by atoms with E-state index in [0.717, 1.165) is 25.0 Å². The van der Waals surface area contributed by atoms with Crippen LogP contribution in [0.4, 0.5) is 4.79 Å². The predicted octanol–water partition coefficient (Wildman–Crippen LogP) is 0.677. The Balaban J connectivity index is 2.25. The van der Waals surface area contributed by atoms with Gasteiger partial charge in [-0.15, -0.1) is 0 Å². The Kier molecular flexibility index (Phi) is 3.81. The predicted molar refractivity (Wildman–Crippen MR) is 49.8 cm³/mol. The van der Waals surface area contributed by atoms with Gasteiger partial charge < -0.3 is 10.0 Å².